The number of aromatic nitrogens is 2. The number of rotatable bonds is 4. The molecule has 2 aromatic carbocycles. The van der Waals surface area contributed by atoms with E-state index in [1.165, 1.54) is 15.2 Å². The zero-order valence-corrected chi connectivity index (χ0v) is 17.9. The van der Waals surface area contributed by atoms with Crippen molar-refractivity contribution in [1.82, 2.24) is 18.8 Å². The van der Waals surface area contributed by atoms with Crippen LogP contribution in [0.15, 0.2) is 75.0 Å². The van der Waals surface area contributed by atoms with E-state index in [-0.39, 0.29) is 49.1 Å². The molecule has 164 valence electrons. The Kier molecular flexibility index (Phi) is 5.03. The molecule has 1 aliphatic heterocycles. The van der Waals surface area contributed by atoms with Gasteiger partial charge in [-0.15, -0.1) is 0 Å². The Morgan fingerprint density at radius 3 is 2.41 bits per heavy atom. The molecule has 0 bridgehead atoms. The first-order valence-corrected chi connectivity index (χ1v) is 11.6. The second-order valence-corrected chi connectivity index (χ2v) is 9.49. The summed E-state index contributed by atoms with van der Waals surface area (Å²) in [5.74, 6) is -0.277. The minimum absolute atomic E-state index is 0.111. The predicted octanol–water partition coefficient (Wildman–Crippen LogP) is 1.68. The summed E-state index contributed by atoms with van der Waals surface area (Å²) in [6.07, 6.45) is 1.35. The van der Waals surface area contributed by atoms with Crippen molar-refractivity contribution in [3.05, 3.63) is 71.3 Å². The fourth-order valence-electron chi connectivity index (χ4n) is 3.89. The van der Waals surface area contributed by atoms with Gasteiger partial charge in [0.1, 0.15) is 17.6 Å². The van der Waals surface area contributed by atoms with Crippen molar-refractivity contribution in [2.45, 2.75) is 11.4 Å². The molecule has 0 atom stereocenters. The molecule has 32 heavy (non-hydrogen) atoms. The van der Waals surface area contributed by atoms with Crippen molar-refractivity contribution >= 4 is 38.0 Å². The number of benzene rings is 2. The van der Waals surface area contributed by atoms with Crippen LogP contribution in [0.25, 0.3) is 22.1 Å². The Morgan fingerprint density at radius 2 is 1.66 bits per heavy atom. The number of para-hydroxylation sites is 1. The topological polar surface area (TPSA) is 106 Å². The lowest BCUT2D eigenvalue weighted by molar-refractivity contribution is -0.133. The van der Waals surface area contributed by atoms with E-state index in [4.69, 9.17) is 4.42 Å². The zero-order valence-electron chi connectivity index (χ0n) is 17.0. The number of fused-ring (bicyclic) bond motifs is 3. The zero-order chi connectivity index (χ0) is 22.3. The molecule has 1 saturated heterocycles. The number of piperazine rings is 1. The Bertz CT molecular complexity index is 1470. The lowest BCUT2D eigenvalue weighted by Gasteiger charge is -2.34. The molecule has 9 nitrogen and oxygen atoms in total. The highest BCUT2D eigenvalue weighted by molar-refractivity contribution is 7.89. The van der Waals surface area contributed by atoms with Gasteiger partial charge in [-0.25, -0.2) is 13.4 Å². The van der Waals surface area contributed by atoms with Crippen LogP contribution in [0.1, 0.15) is 0 Å². The lowest BCUT2D eigenvalue weighted by atomic mass is 10.2. The van der Waals surface area contributed by atoms with Gasteiger partial charge in [-0.2, -0.15) is 4.31 Å². The van der Waals surface area contributed by atoms with Crippen LogP contribution in [0.3, 0.4) is 0 Å². The minimum atomic E-state index is -3.60. The fourth-order valence-corrected chi connectivity index (χ4v) is 5.34. The van der Waals surface area contributed by atoms with Gasteiger partial charge in [-0.1, -0.05) is 30.3 Å². The van der Waals surface area contributed by atoms with Gasteiger partial charge in [0.2, 0.25) is 21.5 Å². The van der Waals surface area contributed by atoms with Gasteiger partial charge in [0.05, 0.1) is 11.2 Å². The van der Waals surface area contributed by atoms with E-state index in [0.29, 0.717) is 11.1 Å². The highest BCUT2D eigenvalue weighted by atomic mass is 32.2. The van der Waals surface area contributed by atoms with Crippen molar-refractivity contribution in [3.63, 3.8) is 0 Å². The third-order valence-electron chi connectivity index (χ3n) is 5.63. The molecule has 1 aliphatic rings. The maximum Gasteiger partial charge on any atom is 0.297 e. The molecule has 5 rings (SSSR count). The number of sulfonamides is 1. The average Bonchev–Trinajstić information content (AvgIpc) is 3.21. The molecule has 2 aromatic heterocycles. The molecule has 4 aromatic rings. The van der Waals surface area contributed by atoms with Gasteiger partial charge >= 0.3 is 0 Å². The van der Waals surface area contributed by atoms with E-state index in [0.717, 1.165) is 5.39 Å². The molecule has 0 saturated carbocycles. The Morgan fingerprint density at radius 1 is 0.969 bits per heavy atom. The first-order valence-electron chi connectivity index (χ1n) is 10.1. The van der Waals surface area contributed by atoms with Gasteiger partial charge in [0, 0.05) is 31.6 Å². The summed E-state index contributed by atoms with van der Waals surface area (Å²) < 4.78 is 33.8. The Labute approximate surface area is 183 Å². The number of hydrogen-bond donors (Lipinski definition) is 0. The average molecular weight is 452 g/mol. The summed E-state index contributed by atoms with van der Waals surface area (Å²) in [7, 11) is -3.60. The molecule has 0 spiro atoms. The van der Waals surface area contributed by atoms with Crippen molar-refractivity contribution in [3.8, 4) is 0 Å². The molecule has 0 aliphatic carbocycles. The van der Waals surface area contributed by atoms with Crippen molar-refractivity contribution in [2.75, 3.05) is 26.2 Å². The van der Waals surface area contributed by atoms with Crippen molar-refractivity contribution < 1.29 is 17.6 Å². The van der Waals surface area contributed by atoms with Gasteiger partial charge in [-0.3, -0.25) is 14.2 Å². The maximum absolute atomic E-state index is 12.8. The van der Waals surface area contributed by atoms with E-state index in [1.54, 1.807) is 41.3 Å². The Hall–Kier alpha value is -3.50. The number of hydrogen-bond acceptors (Lipinski definition) is 6. The standard InChI is InChI=1S/C22H20N4O5S/c27-19(24-10-12-26(13-11-24)32(29,30)16-6-2-1-3-7-16)14-25-15-23-20-17-8-4-5-9-18(17)31-21(20)22(25)28/h1-9,15H,10-14H2. The molecule has 3 heterocycles. The van der Waals surface area contributed by atoms with Crippen LogP contribution < -0.4 is 5.56 Å². The third-order valence-corrected chi connectivity index (χ3v) is 7.54. The van der Waals surface area contributed by atoms with Gasteiger partial charge in [-0.05, 0) is 24.3 Å². The van der Waals surface area contributed by atoms with Gasteiger partial charge in [0.15, 0.2) is 0 Å². The largest absolute Gasteiger partial charge is 0.448 e. The quantitative estimate of drug-likeness (QED) is 0.466. The number of amides is 1. The maximum atomic E-state index is 12.8. The number of carbonyl (C=O) groups excluding carboxylic acids is 1. The molecule has 0 unspecified atom stereocenters. The van der Waals surface area contributed by atoms with Crippen LogP contribution >= 0.6 is 0 Å². The van der Waals surface area contributed by atoms with Crippen molar-refractivity contribution in [2.24, 2.45) is 0 Å². The Balaban J connectivity index is 1.30. The van der Waals surface area contributed by atoms with Crippen molar-refractivity contribution in [1.29, 1.82) is 0 Å². The number of carbonyl (C=O) groups is 1. The second kappa shape index (κ2) is 7.88. The normalized spacial score (nSPS) is 15.4. The smallest absolute Gasteiger partial charge is 0.297 e. The molecule has 0 N–H and O–H groups in total. The van der Waals surface area contributed by atoms with E-state index < -0.39 is 15.6 Å². The van der Waals surface area contributed by atoms with Crippen LogP contribution in [0.2, 0.25) is 0 Å². The number of furan rings is 1. The molecule has 1 amide bonds. The summed E-state index contributed by atoms with van der Waals surface area (Å²) in [4.78, 5) is 31.7. The van der Waals surface area contributed by atoms with Crippen LogP contribution in [0.4, 0.5) is 0 Å². The van der Waals surface area contributed by atoms with Gasteiger partial charge < -0.3 is 9.32 Å². The van der Waals surface area contributed by atoms with Crippen LogP contribution in [-0.2, 0) is 21.4 Å². The molecule has 1 fully saturated rings. The molecule has 10 heteroatoms. The third kappa shape index (κ3) is 3.47. The lowest BCUT2D eigenvalue weighted by Crippen LogP contribution is -2.51. The molecule has 0 radical (unpaired) electrons. The minimum Gasteiger partial charge on any atom is -0.448 e. The summed E-state index contributed by atoms with van der Waals surface area (Å²) in [6.45, 7) is 0.696. The van der Waals surface area contributed by atoms with E-state index in [9.17, 15) is 18.0 Å². The fraction of sp³-hybridized carbons (Fsp3) is 0.227. The number of nitrogens with zero attached hydrogens (tertiary/aromatic N) is 4. The van der Waals surface area contributed by atoms with E-state index >= 15 is 0 Å². The van der Waals surface area contributed by atoms with Crippen LogP contribution in [0, 0.1) is 0 Å². The summed E-state index contributed by atoms with van der Waals surface area (Å²) in [6, 6.07) is 15.5. The highest BCUT2D eigenvalue weighted by Gasteiger charge is 2.30. The van der Waals surface area contributed by atoms with E-state index in [2.05, 4.69) is 4.98 Å². The highest BCUT2D eigenvalue weighted by Crippen LogP contribution is 2.24. The monoisotopic (exact) mass is 452 g/mol. The molecular weight excluding hydrogens is 432 g/mol. The predicted molar refractivity (Wildman–Crippen MR) is 118 cm³/mol. The van der Waals surface area contributed by atoms with Crippen LogP contribution in [0.5, 0.6) is 0 Å². The SMILES string of the molecule is O=C(Cn1cnc2c(oc3ccccc32)c1=O)N1CCN(S(=O)(=O)c2ccccc2)CC1. The first-order chi connectivity index (χ1) is 15.4. The summed E-state index contributed by atoms with van der Waals surface area (Å²) in [5, 5.41) is 0.744. The first kappa shape index (κ1) is 20.4. The second-order valence-electron chi connectivity index (χ2n) is 7.55. The van der Waals surface area contributed by atoms with Crippen LogP contribution in [-0.4, -0.2) is 59.3 Å². The van der Waals surface area contributed by atoms with E-state index in [1.807, 2.05) is 18.2 Å². The molecular formula is C22H20N4O5S. The summed E-state index contributed by atoms with van der Waals surface area (Å²) >= 11 is 0. The van der Waals surface area contributed by atoms with Gasteiger partial charge in [0.25, 0.3) is 5.56 Å². The summed E-state index contributed by atoms with van der Waals surface area (Å²) in [5.41, 5.74) is 0.714.